The van der Waals surface area contributed by atoms with Crippen molar-refractivity contribution in [2.45, 2.75) is 57.4 Å². The van der Waals surface area contributed by atoms with E-state index in [0.29, 0.717) is 19.1 Å². The van der Waals surface area contributed by atoms with Gasteiger partial charge in [-0.05, 0) is 29.7 Å². The minimum atomic E-state index is 0.193. The molecule has 0 aromatic carbocycles. The molecule has 1 aromatic rings. The normalized spacial score (nSPS) is 19.0. The Balaban J connectivity index is 1.42. The van der Waals surface area contributed by atoms with Crippen LogP contribution in [0.5, 0.6) is 0 Å². The number of carbonyl (C=O) groups excluding carboxylic acids is 1. The summed E-state index contributed by atoms with van der Waals surface area (Å²) in [7, 11) is 1.88. The molecule has 0 bridgehead atoms. The van der Waals surface area contributed by atoms with Crippen LogP contribution < -0.4 is 0 Å². The first-order chi connectivity index (χ1) is 11.7. The first-order valence-electron chi connectivity index (χ1n) is 9.12. The van der Waals surface area contributed by atoms with Gasteiger partial charge in [-0.3, -0.25) is 9.69 Å². The Morgan fingerprint density at radius 1 is 1.25 bits per heavy atom. The lowest BCUT2D eigenvalue weighted by Gasteiger charge is -2.24. The predicted octanol–water partition coefficient (Wildman–Crippen LogP) is 1.79. The molecule has 7 heteroatoms. The maximum atomic E-state index is 12.3. The molecular formula is C17H28N6O. The summed E-state index contributed by atoms with van der Waals surface area (Å²) in [6.07, 6.45) is 12.6. The summed E-state index contributed by atoms with van der Waals surface area (Å²) in [5, 5.41) is 12.2. The summed E-state index contributed by atoms with van der Waals surface area (Å²) in [4.78, 5) is 16.3. The van der Waals surface area contributed by atoms with Crippen molar-refractivity contribution >= 4 is 5.91 Å². The third-order valence-corrected chi connectivity index (χ3v) is 5.00. The van der Waals surface area contributed by atoms with E-state index in [1.165, 1.54) is 32.1 Å². The van der Waals surface area contributed by atoms with Gasteiger partial charge in [0.15, 0.2) is 5.82 Å². The second-order valence-corrected chi connectivity index (χ2v) is 6.93. The third kappa shape index (κ3) is 4.41. The summed E-state index contributed by atoms with van der Waals surface area (Å²) in [6, 6.07) is 0.449. The zero-order chi connectivity index (χ0) is 16.8. The van der Waals surface area contributed by atoms with Gasteiger partial charge in [-0.15, -0.1) is 5.10 Å². The number of amides is 1. The fourth-order valence-corrected chi connectivity index (χ4v) is 3.59. The molecule has 1 aliphatic carbocycles. The molecule has 1 fully saturated rings. The number of aryl methyl sites for hydroxylation is 1. The molecule has 3 rings (SSSR count). The van der Waals surface area contributed by atoms with Crippen LogP contribution in [0.4, 0.5) is 0 Å². The Labute approximate surface area is 143 Å². The molecule has 7 nitrogen and oxygen atoms in total. The molecule has 0 radical (unpaired) electrons. The van der Waals surface area contributed by atoms with Crippen LogP contribution in [0.1, 0.15) is 56.8 Å². The molecule has 132 valence electrons. The molecule has 2 heterocycles. The van der Waals surface area contributed by atoms with Crippen LogP contribution in [0.3, 0.4) is 0 Å². The molecule has 0 unspecified atom stereocenters. The van der Waals surface area contributed by atoms with Gasteiger partial charge in [0.25, 0.3) is 0 Å². The number of aromatic nitrogens is 4. The van der Waals surface area contributed by atoms with Gasteiger partial charge in [-0.1, -0.05) is 31.4 Å². The number of carbonyl (C=O) groups is 1. The maximum Gasteiger partial charge on any atom is 0.223 e. The Morgan fingerprint density at radius 2 is 2.00 bits per heavy atom. The lowest BCUT2D eigenvalue weighted by atomic mass is 9.95. The lowest BCUT2D eigenvalue weighted by Crippen LogP contribution is -2.37. The molecule has 0 saturated heterocycles. The smallest absolute Gasteiger partial charge is 0.223 e. The number of hydrogen-bond acceptors (Lipinski definition) is 5. The van der Waals surface area contributed by atoms with Gasteiger partial charge < -0.3 is 4.90 Å². The largest absolute Gasteiger partial charge is 0.333 e. The highest BCUT2D eigenvalue weighted by Gasteiger charge is 2.20. The van der Waals surface area contributed by atoms with Gasteiger partial charge in [-0.2, -0.15) is 0 Å². The molecule has 0 N–H and O–H groups in total. The Morgan fingerprint density at radius 3 is 2.75 bits per heavy atom. The van der Waals surface area contributed by atoms with Crippen LogP contribution >= 0.6 is 0 Å². The second-order valence-electron chi connectivity index (χ2n) is 6.93. The van der Waals surface area contributed by atoms with Gasteiger partial charge in [0.05, 0.1) is 12.7 Å². The topological polar surface area (TPSA) is 67.2 Å². The molecule has 1 aromatic heterocycles. The van der Waals surface area contributed by atoms with Crippen molar-refractivity contribution in [3.05, 3.63) is 18.0 Å². The van der Waals surface area contributed by atoms with Crippen LogP contribution in [0.2, 0.25) is 0 Å². The third-order valence-electron chi connectivity index (χ3n) is 5.00. The van der Waals surface area contributed by atoms with Crippen molar-refractivity contribution < 1.29 is 4.79 Å². The summed E-state index contributed by atoms with van der Waals surface area (Å²) >= 11 is 0. The molecule has 0 atom stereocenters. The Hall–Kier alpha value is -1.76. The molecule has 1 saturated carbocycles. The van der Waals surface area contributed by atoms with Gasteiger partial charge in [0.2, 0.25) is 5.91 Å². The van der Waals surface area contributed by atoms with Crippen LogP contribution in [0.25, 0.3) is 0 Å². The van der Waals surface area contributed by atoms with Gasteiger partial charge in [0.1, 0.15) is 0 Å². The average Bonchev–Trinajstić information content (AvgIpc) is 3.27. The first kappa shape index (κ1) is 17.1. The maximum absolute atomic E-state index is 12.3. The number of rotatable bonds is 7. The first-order valence-corrected chi connectivity index (χ1v) is 9.12. The highest BCUT2D eigenvalue weighted by Crippen LogP contribution is 2.28. The number of hydrogen-bond donors (Lipinski definition) is 0. The molecule has 1 aliphatic heterocycles. The fraction of sp³-hybridized carbons (Fsp3) is 0.765. The minimum absolute atomic E-state index is 0.193. The lowest BCUT2D eigenvalue weighted by molar-refractivity contribution is -0.131. The monoisotopic (exact) mass is 332 g/mol. The van der Waals surface area contributed by atoms with Gasteiger partial charge >= 0.3 is 0 Å². The molecular weight excluding hydrogens is 304 g/mol. The quantitative estimate of drug-likeness (QED) is 0.712. The van der Waals surface area contributed by atoms with Crippen molar-refractivity contribution in [1.82, 2.24) is 30.0 Å². The van der Waals surface area contributed by atoms with Crippen molar-refractivity contribution in [1.29, 1.82) is 0 Å². The van der Waals surface area contributed by atoms with E-state index in [-0.39, 0.29) is 5.91 Å². The number of tetrazole rings is 1. The number of nitrogens with zero attached hydrogens (tertiary/aromatic N) is 6. The highest BCUT2D eigenvalue weighted by atomic mass is 16.2. The second kappa shape index (κ2) is 8.37. The van der Waals surface area contributed by atoms with E-state index in [1.807, 2.05) is 16.6 Å². The van der Waals surface area contributed by atoms with E-state index < -0.39 is 0 Å². The Kier molecular flexibility index (Phi) is 5.96. The van der Waals surface area contributed by atoms with E-state index in [4.69, 9.17) is 0 Å². The van der Waals surface area contributed by atoms with Crippen LogP contribution in [-0.4, -0.2) is 62.7 Å². The summed E-state index contributed by atoms with van der Waals surface area (Å²) in [5.74, 6) is 1.12. The minimum Gasteiger partial charge on any atom is -0.333 e. The van der Waals surface area contributed by atoms with Crippen LogP contribution in [0, 0.1) is 0 Å². The zero-order valence-corrected chi connectivity index (χ0v) is 14.6. The highest BCUT2D eigenvalue weighted by molar-refractivity contribution is 5.75. The molecule has 2 aliphatic rings. The Bertz CT molecular complexity index is 555. The van der Waals surface area contributed by atoms with Crippen LogP contribution in [0.15, 0.2) is 12.2 Å². The van der Waals surface area contributed by atoms with Gasteiger partial charge in [0, 0.05) is 33.0 Å². The van der Waals surface area contributed by atoms with E-state index in [1.54, 1.807) is 0 Å². The van der Waals surface area contributed by atoms with E-state index in [0.717, 1.165) is 31.8 Å². The van der Waals surface area contributed by atoms with Crippen molar-refractivity contribution in [3.63, 3.8) is 0 Å². The van der Waals surface area contributed by atoms with Crippen molar-refractivity contribution in [2.24, 2.45) is 0 Å². The van der Waals surface area contributed by atoms with E-state index in [9.17, 15) is 4.79 Å². The van der Waals surface area contributed by atoms with Crippen LogP contribution in [-0.2, 0) is 11.2 Å². The van der Waals surface area contributed by atoms with Gasteiger partial charge in [-0.25, -0.2) is 4.68 Å². The summed E-state index contributed by atoms with van der Waals surface area (Å²) < 4.78 is 2.00. The molecule has 1 amide bonds. The fourth-order valence-electron chi connectivity index (χ4n) is 3.59. The molecule has 0 spiro atoms. The predicted molar refractivity (Wildman–Crippen MR) is 91.2 cm³/mol. The van der Waals surface area contributed by atoms with Crippen molar-refractivity contribution in [3.8, 4) is 0 Å². The van der Waals surface area contributed by atoms with E-state index in [2.05, 4.69) is 32.6 Å². The SMILES string of the molecule is CN(CN1CC=CC1)C(=O)CCCc1nnnn1C1CCCCC1. The van der Waals surface area contributed by atoms with Crippen molar-refractivity contribution in [2.75, 3.05) is 26.8 Å². The zero-order valence-electron chi connectivity index (χ0n) is 14.6. The molecule has 24 heavy (non-hydrogen) atoms. The average molecular weight is 332 g/mol. The van der Waals surface area contributed by atoms with E-state index >= 15 is 0 Å². The summed E-state index contributed by atoms with van der Waals surface area (Å²) in [6.45, 7) is 2.58. The standard InChI is InChI=1S/C17H28N6O/c1-21(14-22-12-5-6-13-22)17(24)11-7-10-16-18-19-20-23(16)15-8-3-2-4-9-15/h5-6,15H,2-4,7-14H2,1H3. The summed E-state index contributed by atoms with van der Waals surface area (Å²) in [5.41, 5.74) is 0.